The van der Waals surface area contributed by atoms with Gasteiger partial charge in [-0.05, 0) is 12.8 Å². The van der Waals surface area contributed by atoms with Crippen molar-refractivity contribution in [3.63, 3.8) is 0 Å². The van der Waals surface area contributed by atoms with Gasteiger partial charge in [0.2, 0.25) is 5.12 Å². The fourth-order valence-corrected chi connectivity index (χ4v) is 1.82. The van der Waals surface area contributed by atoms with Crippen LogP contribution in [-0.2, 0) is 0 Å². The molecule has 0 unspecified atom stereocenters. The van der Waals surface area contributed by atoms with Crippen LogP contribution in [0.25, 0.3) is 0 Å². The number of carbonyl (C=O) groups is 1. The third-order valence-corrected chi connectivity index (χ3v) is 2.97. The molecule has 1 fully saturated rings. The van der Waals surface area contributed by atoms with Crippen LogP contribution in [0.1, 0.15) is 36.0 Å². The van der Waals surface area contributed by atoms with E-state index in [4.69, 9.17) is 10.2 Å². The first kappa shape index (κ1) is 14.2. The Hall–Kier alpha value is -0.840. The van der Waals surface area contributed by atoms with Gasteiger partial charge in [0.1, 0.15) is 0 Å². The fraction of sp³-hybridized carbons (Fsp3) is 0.462. The molecule has 0 heterocycles. The molecule has 1 saturated carbocycles. The van der Waals surface area contributed by atoms with Crippen LogP contribution >= 0.6 is 12.6 Å². The highest BCUT2D eigenvalue weighted by Crippen LogP contribution is 2.17. The zero-order chi connectivity index (χ0) is 12.7. The van der Waals surface area contributed by atoms with Gasteiger partial charge >= 0.3 is 0 Å². The zero-order valence-electron chi connectivity index (χ0n) is 9.62. The average molecular weight is 254 g/mol. The molecule has 4 heteroatoms. The lowest BCUT2D eigenvalue weighted by Crippen LogP contribution is -2.28. The zero-order valence-corrected chi connectivity index (χ0v) is 10.5. The van der Waals surface area contributed by atoms with E-state index in [1.165, 1.54) is 0 Å². The largest absolute Gasteiger partial charge is 0.390 e. The maximum atomic E-state index is 10.5. The second-order valence-corrected chi connectivity index (χ2v) is 4.50. The number of thiol groups is 1. The van der Waals surface area contributed by atoms with Crippen LogP contribution in [0, 0.1) is 0 Å². The summed E-state index contributed by atoms with van der Waals surface area (Å²) >= 11 is 3.65. The quantitative estimate of drug-likeness (QED) is 0.672. The minimum absolute atomic E-state index is 0.185. The van der Waals surface area contributed by atoms with E-state index in [1.807, 2.05) is 18.2 Å². The first-order chi connectivity index (χ1) is 8.11. The van der Waals surface area contributed by atoms with Gasteiger partial charge in [-0.3, -0.25) is 4.79 Å². The summed E-state index contributed by atoms with van der Waals surface area (Å²) in [6, 6.07) is 8.94. The lowest BCUT2D eigenvalue weighted by atomic mass is 9.95. The van der Waals surface area contributed by atoms with Gasteiger partial charge in [-0.1, -0.05) is 43.2 Å². The Bertz CT molecular complexity index is 330. The highest BCUT2D eigenvalue weighted by atomic mass is 32.1. The second kappa shape index (κ2) is 7.48. The molecule has 1 aromatic carbocycles. The van der Waals surface area contributed by atoms with Gasteiger partial charge in [0.05, 0.1) is 12.2 Å². The Balaban J connectivity index is 0.000000171. The summed E-state index contributed by atoms with van der Waals surface area (Å²) in [7, 11) is 0. The molecule has 0 aromatic heterocycles. The lowest BCUT2D eigenvalue weighted by Gasteiger charge is -2.22. The topological polar surface area (TPSA) is 57.5 Å². The van der Waals surface area contributed by atoms with Crippen molar-refractivity contribution in [2.45, 2.75) is 37.9 Å². The van der Waals surface area contributed by atoms with Crippen molar-refractivity contribution in [2.75, 3.05) is 0 Å². The van der Waals surface area contributed by atoms with Gasteiger partial charge in [-0.2, -0.15) is 0 Å². The standard InChI is InChI=1S/C7H6OS.C6H12O2/c8-7(9)6-4-2-1-3-5-6;7-5-3-1-2-4-6(5)8/h1-5H,(H,8,9);5-8H,1-4H2/t;5-,6-/m.1/s1. The summed E-state index contributed by atoms with van der Waals surface area (Å²) in [6.07, 6.45) is 2.81. The van der Waals surface area contributed by atoms with E-state index in [9.17, 15) is 4.79 Å². The Morgan fingerprint density at radius 3 is 1.82 bits per heavy atom. The fourth-order valence-electron chi connectivity index (χ4n) is 1.67. The van der Waals surface area contributed by atoms with E-state index in [0.29, 0.717) is 5.56 Å². The third kappa shape index (κ3) is 5.35. The number of carbonyl (C=O) groups excluding carboxylic acids is 1. The molecule has 1 aliphatic carbocycles. The molecule has 1 aliphatic rings. The van der Waals surface area contributed by atoms with Crippen molar-refractivity contribution in [3.8, 4) is 0 Å². The highest BCUT2D eigenvalue weighted by molar-refractivity contribution is 7.97. The summed E-state index contributed by atoms with van der Waals surface area (Å²) < 4.78 is 0. The van der Waals surface area contributed by atoms with Crippen LogP contribution in [0.5, 0.6) is 0 Å². The van der Waals surface area contributed by atoms with Gasteiger partial charge in [0.25, 0.3) is 0 Å². The predicted molar refractivity (Wildman–Crippen MR) is 70.2 cm³/mol. The van der Waals surface area contributed by atoms with Crippen LogP contribution in [0.15, 0.2) is 30.3 Å². The minimum Gasteiger partial charge on any atom is -0.390 e. The molecule has 1 aromatic rings. The van der Waals surface area contributed by atoms with E-state index in [1.54, 1.807) is 12.1 Å². The molecule has 0 saturated heterocycles. The van der Waals surface area contributed by atoms with Crippen molar-refractivity contribution >= 4 is 17.7 Å². The number of aliphatic hydroxyl groups excluding tert-OH is 2. The van der Waals surface area contributed by atoms with E-state index in [0.717, 1.165) is 25.7 Å². The van der Waals surface area contributed by atoms with Crippen LogP contribution < -0.4 is 0 Å². The van der Waals surface area contributed by atoms with Crippen molar-refractivity contribution in [1.29, 1.82) is 0 Å². The Labute approximate surface area is 107 Å². The van der Waals surface area contributed by atoms with Crippen molar-refractivity contribution in [3.05, 3.63) is 35.9 Å². The average Bonchev–Trinajstić information content (AvgIpc) is 2.35. The second-order valence-electron chi connectivity index (χ2n) is 4.09. The number of aliphatic hydroxyl groups is 2. The van der Waals surface area contributed by atoms with Gasteiger partial charge in [-0.15, -0.1) is 12.6 Å². The molecule has 0 amide bonds. The molecule has 94 valence electrons. The molecule has 2 atom stereocenters. The summed E-state index contributed by atoms with van der Waals surface area (Å²) in [6.45, 7) is 0. The lowest BCUT2D eigenvalue weighted by molar-refractivity contribution is -0.00865. The van der Waals surface area contributed by atoms with E-state index in [2.05, 4.69) is 12.6 Å². The molecule has 2 N–H and O–H groups in total. The molecule has 17 heavy (non-hydrogen) atoms. The Morgan fingerprint density at radius 2 is 1.53 bits per heavy atom. The molecule has 0 bridgehead atoms. The summed E-state index contributed by atoms with van der Waals surface area (Å²) in [5, 5.41) is 17.7. The monoisotopic (exact) mass is 254 g/mol. The number of hydrogen-bond donors (Lipinski definition) is 3. The molecular formula is C13H18O3S. The van der Waals surface area contributed by atoms with Gasteiger partial charge in [-0.25, -0.2) is 0 Å². The molecule has 3 nitrogen and oxygen atoms in total. The molecule has 0 aliphatic heterocycles. The summed E-state index contributed by atoms with van der Waals surface area (Å²) in [5.41, 5.74) is 0.640. The van der Waals surface area contributed by atoms with Crippen LogP contribution in [0.4, 0.5) is 0 Å². The molecule has 0 radical (unpaired) electrons. The van der Waals surface area contributed by atoms with Gasteiger partial charge in [0.15, 0.2) is 0 Å². The Kier molecular flexibility index (Phi) is 6.26. The van der Waals surface area contributed by atoms with E-state index in [-0.39, 0.29) is 5.12 Å². The van der Waals surface area contributed by atoms with Crippen molar-refractivity contribution < 1.29 is 15.0 Å². The van der Waals surface area contributed by atoms with Crippen molar-refractivity contribution in [1.82, 2.24) is 0 Å². The molecular weight excluding hydrogens is 236 g/mol. The smallest absolute Gasteiger partial charge is 0.216 e. The maximum Gasteiger partial charge on any atom is 0.216 e. The van der Waals surface area contributed by atoms with Crippen LogP contribution in [0.3, 0.4) is 0 Å². The highest BCUT2D eigenvalue weighted by Gasteiger charge is 2.19. The van der Waals surface area contributed by atoms with E-state index < -0.39 is 12.2 Å². The van der Waals surface area contributed by atoms with Crippen LogP contribution in [-0.4, -0.2) is 27.5 Å². The number of hydrogen-bond acceptors (Lipinski definition) is 3. The van der Waals surface area contributed by atoms with Crippen molar-refractivity contribution in [2.24, 2.45) is 0 Å². The number of benzene rings is 1. The summed E-state index contributed by atoms with van der Waals surface area (Å²) in [4.78, 5) is 10.5. The SMILES string of the molecule is O=C(S)c1ccccc1.O[C@@H]1CCCC[C@H]1O. The minimum atomic E-state index is -0.441. The Morgan fingerprint density at radius 1 is 1.06 bits per heavy atom. The van der Waals surface area contributed by atoms with Crippen LogP contribution in [0.2, 0.25) is 0 Å². The maximum absolute atomic E-state index is 10.5. The normalized spacial score (nSPS) is 23.5. The van der Waals surface area contributed by atoms with Gasteiger partial charge in [0, 0.05) is 5.56 Å². The first-order valence-corrected chi connectivity index (χ1v) is 6.20. The first-order valence-electron chi connectivity index (χ1n) is 5.75. The molecule has 0 spiro atoms. The third-order valence-electron chi connectivity index (χ3n) is 2.71. The molecule has 2 rings (SSSR count). The summed E-state index contributed by atoms with van der Waals surface area (Å²) in [5.74, 6) is 0. The van der Waals surface area contributed by atoms with E-state index >= 15 is 0 Å². The van der Waals surface area contributed by atoms with Gasteiger partial charge < -0.3 is 10.2 Å². The predicted octanol–water partition coefficient (Wildman–Crippen LogP) is 2.04. The number of rotatable bonds is 1.